The minimum atomic E-state index is 0.275. The van der Waals surface area contributed by atoms with Crippen LogP contribution in [0.25, 0.3) is 0 Å². The second-order valence-electron chi connectivity index (χ2n) is 5.56. The van der Waals surface area contributed by atoms with Crippen LogP contribution in [-0.2, 0) is 4.79 Å². The smallest absolute Gasteiger partial charge is 0.236 e. The predicted molar refractivity (Wildman–Crippen MR) is 68.9 cm³/mol. The average molecular weight is 239 g/mol. The van der Waals surface area contributed by atoms with Crippen LogP contribution in [0.3, 0.4) is 0 Å². The highest BCUT2D eigenvalue weighted by atomic mass is 16.2. The van der Waals surface area contributed by atoms with Gasteiger partial charge in [0, 0.05) is 31.7 Å². The Kier molecular flexibility index (Phi) is 4.40. The van der Waals surface area contributed by atoms with Gasteiger partial charge in [-0.15, -0.1) is 0 Å². The lowest BCUT2D eigenvalue weighted by atomic mass is 10.2. The summed E-state index contributed by atoms with van der Waals surface area (Å²) in [6.45, 7) is 5.54. The van der Waals surface area contributed by atoms with E-state index in [0.717, 1.165) is 19.6 Å². The first kappa shape index (κ1) is 12.8. The van der Waals surface area contributed by atoms with E-state index < -0.39 is 0 Å². The quantitative estimate of drug-likeness (QED) is 0.787. The fourth-order valence-electron chi connectivity index (χ4n) is 2.97. The van der Waals surface area contributed by atoms with Crippen molar-refractivity contribution < 1.29 is 4.79 Å². The summed E-state index contributed by atoms with van der Waals surface area (Å²) >= 11 is 0. The lowest BCUT2D eigenvalue weighted by Crippen LogP contribution is -2.55. The summed E-state index contributed by atoms with van der Waals surface area (Å²) in [5, 5.41) is 3.41. The molecule has 2 fully saturated rings. The number of hydrogen-bond acceptors (Lipinski definition) is 3. The molecule has 1 aliphatic heterocycles. The lowest BCUT2D eigenvalue weighted by Gasteiger charge is -2.38. The van der Waals surface area contributed by atoms with Crippen LogP contribution in [0.1, 0.15) is 32.6 Å². The zero-order chi connectivity index (χ0) is 12.3. The van der Waals surface area contributed by atoms with Crippen molar-refractivity contribution in [3.8, 4) is 0 Å². The third-order valence-electron chi connectivity index (χ3n) is 4.05. The molecule has 4 nitrogen and oxygen atoms in total. The van der Waals surface area contributed by atoms with E-state index in [2.05, 4.69) is 24.2 Å². The summed E-state index contributed by atoms with van der Waals surface area (Å²) in [6, 6.07) is 0.938. The van der Waals surface area contributed by atoms with Gasteiger partial charge in [0.1, 0.15) is 0 Å². The molecule has 0 bridgehead atoms. The molecular formula is C13H25N3O. The van der Waals surface area contributed by atoms with Crippen molar-refractivity contribution in [1.29, 1.82) is 0 Å². The van der Waals surface area contributed by atoms with Crippen LogP contribution in [0.5, 0.6) is 0 Å². The summed E-state index contributed by atoms with van der Waals surface area (Å²) in [6.07, 6.45) is 5.12. The van der Waals surface area contributed by atoms with E-state index in [1.54, 1.807) is 0 Å². The first-order chi connectivity index (χ1) is 8.16. The molecule has 0 aromatic rings. The Morgan fingerprint density at radius 1 is 1.29 bits per heavy atom. The number of piperazine rings is 1. The maximum Gasteiger partial charge on any atom is 0.236 e. The number of likely N-dealkylation sites (N-methyl/N-ethyl adjacent to an activating group) is 1. The normalized spacial score (nSPS) is 27.6. The maximum atomic E-state index is 12.1. The van der Waals surface area contributed by atoms with Crippen molar-refractivity contribution in [2.24, 2.45) is 0 Å². The number of carbonyl (C=O) groups is 1. The summed E-state index contributed by atoms with van der Waals surface area (Å²) in [5.41, 5.74) is 0. The highest BCUT2D eigenvalue weighted by Crippen LogP contribution is 2.17. The first-order valence-electron chi connectivity index (χ1n) is 6.88. The molecule has 1 amide bonds. The first-order valence-corrected chi connectivity index (χ1v) is 6.88. The SMILES string of the molecule is CC1CN(C)CCN1C(=O)CNC1CCCC1. The van der Waals surface area contributed by atoms with Gasteiger partial charge < -0.3 is 15.1 Å². The van der Waals surface area contributed by atoms with Gasteiger partial charge >= 0.3 is 0 Å². The summed E-state index contributed by atoms with van der Waals surface area (Å²) in [5.74, 6) is 0.275. The molecule has 1 heterocycles. The second kappa shape index (κ2) is 5.83. The molecule has 0 radical (unpaired) electrons. The van der Waals surface area contributed by atoms with E-state index in [1.165, 1.54) is 25.7 Å². The summed E-state index contributed by atoms with van der Waals surface area (Å²) < 4.78 is 0. The Hall–Kier alpha value is -0.610. The molecule has 1 aliphatic carbocycles. The highest BCUT2D eigenvalue weighted by molar-refractivity contribution is 5.78. The van der Waals surface area contributed by atoms with Crippen LogP contribution in [0, 0.1) is 0 Å². The largest absolute Gasteiger partial charge is 0.336 e. The third kappa shape index (κ3) is 3.42. The molecule has 0 spiro atoms. The van der Waals surface area contributed by atoms with Crippen LogP contribution >= 0.6 is 0 Å². The maximum absolute atomic E-state index is 12.1. The number of nitrogens with zero attached hydrogens (tertiary/aromatic N) is 2. The van der Waals surface area contributed by atoms with Gasteiger partial charge in [-0.25, -0.2) is 0 Å². The molecule has 1 saturated heterocycles. The van der Waals surface area contributed by atoms with Gasteiger partial charge in [-0.2, -0.15) is 0 Å². The van der Waals surface area contributed by atoms with Crippen molar-refractivity contribution in [1.82, 2.24) is 15.1 Å². The topological polar surface area (TPSA) is 35.6 Å². The molecule has 4 heteroatoms. The molecule has 17 heavy (non-hydrogen) atoms. The number of carbonyl (C=O) groups excluding carboxylic acids is 1. The van der Waals surface area contributed by atoms with Gasteiger partial charge in [-0.1, -0.05) is 12.8 Å². The van der Waals surface area contributed by atoms with Crippen LogP contribution in [-0.4, -0.2) is 61.0 Å². The second-order valence-corrected chi connectivity index (χ2v) is 5.56. The monoisotopic (exact) mass is 239 g/mol. The molecule has 0 aromatic carbocycles. The fourth-order valence-corrected chi connectivity index (χ4v) is 2.97. The Morgan fingerprint density at radius 2 is 2.00 bits per heavy atom. The minimum absolute atomic E-state index is 0.275. The Bertz CT molecular complexity index is 263. The van der Waals surface area contributed by atoms with Crippen LogP contribution in [0.15, 0.2) is 0 Å². The van der Waals surface area contributed by atoms with E-state index in [0.29, 0.717) is 18.6 Å². The number of hydrogen-bond donors (Lipinski definition) is 1. The van der Waals surface area contributed by atoms with Gasteiger partial charge in [-0.3, -0.25) is 4.79 Å². The number of amides is 1. The minimum Gasteiger partial charge on any atom is -0.336 e. The van der Waals surface area contributed by atoms with Crippen LogP contribution < -0.4 is 5.32 Å². The molecular weight excluding hydrogens is 214 g/mol. The van der Waals surface area contributed by atoms with Gasteiger partial charge in [0.2, 0.25) is 5.91 Å². The van der Waals surface area contributed by atoms with Crippen molar-refractivity contribution in [2.45, 2.75) is 44.7 Å². The summed E-state index contributed by atoms with van der Waals surface area (Å²) in [4.78, 5) is 16.4. The van der Waals surface area contributed by atoms with E-state index in [9.17, 15) is 4.79 Å². The molecule has 1 atom stereocenters. The standard InChI is InChI=1S/C13H25N3O/c1-11-10-15(2)7-8-16(11)13(17)9-14-12-5-3-4-6-12/h11-12,14H,3-10H2,1-2H3. The molecule has 98 valence electrons. The zero-order valence-electron chi connectivity index (χ0n) is 11.1. The van der Waals surface area contributed by atoms with Crippen LogP contribution in [0.4, 0.5) is 0 Å². The molecule has 1 unspecified atom stereocenters. The molecule has 1 N–H and O–H groups in total. The molecule has 2 rings (SSSR count). The van der Waals surface area contributed by atoms with Gasteiger partial charge in [0.05, 0.1) is 6.54 Å². The molecule has 2 aliphatic rings. The third-order valence-corrected chi connectivity index (χ3v) is 4.05. The Morgan fingerprint density at radius 3 is 2.65 bits per heavy atom. The van der Waals surface area contributed by atoms with Gasteiger partial charge in [0.15, 0.2) is 0 Å². The Labute approximate surface area is 104 Å². The Balaban J connectivity index is 1.74. The van der Waals surface area contributed by atoms with Crippen molar-refractivity contribution in [3.05, 3.63) is 0 Å². The van der Waals surface area contributed by atoms with E-state index >= 15 is 0 Å². The predicted octanol–water partition coefficient (Wildman–Crippen LogP) is 0.681. The van der Waals surface area contributed by atoms with Gasteiger partial charge in [0.25, 0.3) is 0 Å². The van der Waals surface area contributed by atoms with Crippen molar-refractivity contribution >= 4 is 5.91 Å². The van der Waals surface area contributed by atoms with E-state index in [-0.39, 0.29) is 5.91 Å². The number of nitrogens with one attached hydrogen (secondary N) is 1. The average Bonchev–Trinajstić information content (AvgIpc) is 2.78. The molecule has 1 saturated carbocycles. The lowest BCUT2D eigenvalue weighted by molar-refractivity contribution is -0.134. The van der Waals surface area contributed by atoms with E-state index in [4.69, 9.17) is 0 Å². The highest BCUT2D eigenvalue weighted by Gasteiger charge is 2.26. The fraction of sp³-hybridized carbons (Fsp3) is 0.923. The zero-order valence-corrected chi connectivity index (χ0v) is 11.1. The van der Waals surface area contributed by atoms with Crippen molar-refractivity contribution in [2.75, 3.05) is 33.2 Å². The van der Waals surface area contributed by atoms with Gasteiger partial charge in [-0.05, 0) is 26.8 Å². The number of rotatable bonds is 3. The molecule has 0 aromatic heterocycles. The van der Waals surface area contributed by atoms with E-state index in [1.807, 2.05) is 4.90 Å². The van der Waals surface area contributed by atoms with Crippen molar-refractivity contribution in [3.63, 3.8) is 0 Å². The summed E-state index contributed by atoms with van der Waals surface area (Å²) in [7, 11) is 2.12. The van der Waals surface area contributed by atoms with Crippen LogP contribution in [0.2, 0.25) is 0 Å².